The van der Waals surface area contributed by atoms with Gasteiger partial charge in [0.1, 0.15) is 5.75 Å². The van der Waals surface area contributed by atoms with Gasteiger partial charge in [-0.05, 0) is 18.2 Å². The van der Waals surface area contributed by atoms with Crippen molar-refractivity contribution in [3.05, 3.63) is 28.8 Å². The van der Waals surface area contributed by atoms with Crippen LogP contribution in [0.5, 0.6) is 5.75 Å². The Kier molecular flexibility index (Phi) is 5.23. The predicted octanol–water partition coefficient (Wildman–Crippen LogP) is -0.247. The second-order valence-electron chi connectivity index (χ2n) is 5.11. The van der Waals surface area contributed by atoms with Crippen molar-refractivity contribution >= 4 is 17.5 Å². The van der Waals surface area contributed by atoms with E-state index in [-0.39, 0.29) is 12.3 Å². The van der Waals surface area contributed by atoms with Gasteiger partial charge in [-0.25, -0.2) is 5.01 Å². The number of carbonyl (C=O) groups is 1. The van der Waals surface area contributed by atoms with E-state index in [9.17, 15) is 4.79 Å². The number of piperazine rings is 1. The number of carbonyl (C=O) groups excluding carboxylic acids is 1. The molecular formula is C14H21ClN3O2+. The number of amides is 1. The molecule has 2 N–H and O–H groups in total. The van der Waals surface area contributed by atoms with Crippen molar-refractivity contribution in [1.82, 2.24) is 10.4 Å². The number of nitrogens with zero attached hydrogens (tertiary/aromatic N) is 1. The third-order valence-corrected chi connectivity index (χ3v) is 3.73. The topological polar surface area (TPSA) is 46.0 Å². The van der Waals surface area contributed by atoms with Gasteiger partial charge < -0.3 is 9.64 Å². The van der Waals surface area contributed by atoms with Crippen LogP contribution in [0.4, 0.5) is 0 Å². The summed E-state index contributed by atoms with van der Waals surface area (Å²) in [4.78, 5) is 13.6. The second-order valence-corrected chi connectivity index (χ2v) is 5.55. The van der Waals surface area contributed by atoms with Crippen molar-refractivity contribution in [2.45, 2.75) is 6.42 Å². The lowest BCUT2D eigenvalue weighted by Crippen LogP contribution is -3.12. The Hall–Kier alpha value is -1.30. The fourth-order valence-electron chi connectivity index (χ4n) is 2.27. The first-order valence-electron chi connectivity index (χ1n) is 6.76. The Balaban J connectivity index is 1.92. The summed E-state index contributed by atoms with van der Waals surface area (Å²) >= 11 is 5.96. The highest BCUT2D eigenvalue weighted by Crippen LogP contribution is 2.22. The minimum Gasteiger partial charge on any atom is -0.496 e. The third-order valence-electron chi connectivity index (χ3n) is 3.49. The number of benzene rings is 1. The summed E-state index contributed by atoms with van der Waals surface area (Å²) in [5.74, 6) is 0.650. The molecule has 1 aromatic carbocycles. The van der Waals surface area contributed by atoms with Crippen LogP contribution in [0.1, 0.15) is 5.56 Å². The van der Waals surface area contributed by atoms with Gasteiger partial charge in [-0.3, -0.25) is 10.2 Å². The summed E-state index contributed by atoms with van der Waals surface area (Å²) < 4.78 is 5.25. The molecular weight excluding hydrogens is 278 g/mol. The summed E-state index contributed by atoms with van der Waals surface area (Å²) in [5, 5.41) is 2.59. The number of hydrogen-bond donors (Lipinski definition) is 2. The number of rotatable bonds is 4. The van der Waals surface area contributed by atoms with Crippen LogP contribution in [0.3, 0.4) is 0 Å². The molecule has 110 valence electrons. The lowest BCUT2D eigenvalue weighted by Gasteiger charge is -2.30. The van der Waals surface area contributed by atoms with Gasteiger partial charge in [-0.2, -0.15) is 0 Å². The van der Waals surface area contributed by atoms with Crippen LogP contribution in [0.25, 0.3) is 0 Å². The summed E-state index contributed by atoms with van der Waals surface area (Å²) in [6.45, 7) is 3.84. The number of quaternary nitrogens is 1. The number of nitrogens with one attached hydrogen (secondary N) is 2. The summed E-state index contributed by atoms with van der Waals surface area (Å²) in [6, 6.07) is 5.31. The molecule has 0 aliphatic carbocycles. The number of likely N-dealkylation sites (N-methyl/N-ethyl adjacent to an activating group) is 1. The van der Waals surface area contributed by atoms with Crippen LogP contribution in [0, 0.1) is 0 Å². The Morgan fingerprint density at radius 3 is 2.80 bits per heavy atom. The SMILES string of the molecule is COc1ccc(Cl)cc1CC(=O)NN1CC[NH+](C)CC1. The molecule has 1 aromatic rings. The maximum atomic E-state index is 12.1. The van der Waals surface area contributed by atoms with Crippen molar-refractivity contribution in [3.63, 3.8) is 0 Å². The standard InChI is InChI=1S/C14H20ClN3O2/c1-17-5-7-18(8-6-17)16-14(19)10-11-9-12(15)3-4-13(11)20-2/h3-4,9H,5-8,10H2,1-2H3,(H,16,19)/p+1. The molecule has 0 spiro atoms. The van der Waals surface area contributed by atoms with E-state index in [1.807, 2.05) is 5.01 Å². The van der Waals surface area contributed by atoms with E-state index in [4.69, 9.17) is 16.3 Å². The molecule has 0 atom stereocenters. The van der Waals surface area contributed by atoms with Gasteiger partial charge in [-0.1, -0.05) is 11.6 Å². The van der Waals surface area contributed by atoms with E-state index < -0.39 is 0 Å². The maximum Gasteiger partial charge on any atom is 0.238 e. The molecule has 5 nitrogen and oxygen atoms in total. The Bertz CT molecular complexity index is 473. The van der Waals surface area contributed by atoms with E-state index in [2.05, 4.69) is 12.5 Å². The first-order valence-corrected chi connectivity index (χ1v) is 7.14. The van der Waals surface area contributed by atoms with Crippen LogP contribution in [-0.2, 0) is 11.2 Å². The molecule has 1 heterocycles. The van der Waals surface area contributed by atoms with Gasteiger partial charge in [0.05, 0.1) is 46.8 Å². The highest BCUT2D eigenvalue weighted by molar-refractivity contribution is 6.30. The monoisotopic (exact) mass is 298 g/mol. The maximum absolute atomic E-state index is 12.1. The van der Waals surface area contributed by atoms with Crippen molar-refractivity contribution in [1.29, 1.82) is 0 Å². The highest BCUT2D eigenvalue weighted by Gasteiger charge is 2.19. The van der Waals surface area contributed by atoms with Crippen LogP contribution in [0.2, 0.25) is 5.02 Å². The van der Waals surface area contributed by atoms with Gasteiger partial charge in [0.2, 0.25) is 5.91 Å². The lowest BCUT2D eigenvalue weighted by atomic mass is 10.1. The van der Waals surface area contributed by atoms with Crippen LogP contribution in [-0.4, -0.2) is 51.3 Å². The quantitative estimate of drug-likeness (QED) is 0.806. The van der Waals surface area contributed by atoms with Gasteiger partial charge in [0.15, 0.2) is 0 Å². The van der Waals surface area contributed by atoms with E-state index in [0.717, 1.165) is 31.7 Å². The molecule has 0 unspecified atom stereocenters. The van der Waals surface area contributed by atoms with Crippen molar-refractivity contribution in [3.8, 4) is 5.75 Å². The predicted molar refractivity (Wildman–Crippen MR) is 78.0 cm³/mol. The molecule has 20 heavy (non-hydrogen) atoms. The van der Waals surface area contributed by atoms with E-state index >= 15 is 0 Å². The van der Waals surface area contributed by atoms with Crippen LogP contribution in [0.15, 0.2) is 18.2 Å². The molecule has 2 rings (SSSR count). The van der Waals surface area contributed by atoms with Gasteiger partial charge >= 0.3 is 0 Å². The molecule has 1 amide bonds. The molecule has 0 bridgehead atoms. The number of ether oxygens (including phenoxy) is 1. The van der Waals surface area contributed by atoms with E-state index in [1.165, 1.54) is 4.90 Å². The van der Waals surface area contributed by atoms with E-state index in [0.29, 0.717) is 10.8 Å². The number of methoxy groups -OCH3 is 1. The number of hydrazine groups is 1. The van der Waals surface area contributed by atoms with Gasteiger partial charge in [-0.15, -0.1) is 0 Å². The minimum atomic E-state index is -0.0369. The number of halogens is 1. The first-order chi connectivity index (χ1) is 9.58. The first kappa shape index (κ1) is 15.1. The molecule has 0 saturated carbocycles. The average Bonchev–Trinajstić information content (AvgIpc) is 2.41. The van der Waals surface area contributed by atoms with Crippen LogP contribution >= 0.6 is 11.6 Å². The van der Waals surface area contributed by atoms with Crippen molar-refractivity contribution in [2.75, 3.05) is 40.3 Å². The zero-order valence-corrected chi connectivity index (χ0v) is 12.7. The molecule has 0 aromatic heterocycles. The molecule has 1 saturated heterocycles. The zero-order valence-electron chi connectivity index (χ0n) is 11.9. The molecule has 1 aliphatic heterocycles. The minimum absolute atomic E-state index is 0.0369. The zero-order chi connectivity index (χ0) is 14.5. The lowest BCUT2D eigenvalue weighted by molar-refractivity contribution is -0.884. The summed E-state index contributed by atoms with van der Waals surface area (Å²) in [5.41, 5.74) is 3.74. The highest BCUT2D eigenvalue weighted by atomic mass is 35.5. The second kappa shape index (κ2) is 6.92. The Morgan fingerprint density at radius 2 is 2.15 bits per heavy atom. The normalized spacial score (nSPS) is 16.9. The van der Waals surface area contributed by atoms with Crippen molar-refractivity contribution < 1.29 is 14.4 Å². The van der Waals surface area contributed by atoms with Crippen LogP contribution < -0.4 is 15.1 Å². The molecule has 0 radical (unpaired) electrons. The fourth-order valence-corrected chi connectivity index (χ4v) is 2.47. The third kappa shape index (κ3) is 4.10. The average molecular weight is 299 g/mol. The molecule has 1 fully saturated rings. The smallest absolute Gasteiger partial charge is 0.238 e. The Morgan fingerprint density at radius 1 is 1.45 bits per heavy atom. The van der Waals surface area contributed by atoms with Gasteiger partial charge in [0, 0.05) is 10.6 Å². The Labute approximate surface area is 124 Å². The van der Waals surface area contributed by atoms with Crippen molar-refractivity contribution in [2.24, 2.45) is 0 Å². The number of hydrogen-bond acceptors (Lipinski definition) is 3. The molecule has 1 aliphatic rings. The van der Waals surface area contributed by atoms with Gasteiger partial charge in [0.25, 0.3) is 0 Å². The fraction of sp³-hybridized carbons (Fsp3) is 0.500. The largest absolute Gasteiger partial charge is 0.496 e. The van der Waals surface area contributed by atoms with E-state index in [1.54, 1.807) is 25.3 Å². The summed E-state index contributed by atoms with van der Waals surface area (Å²) in [7, 11) is 3.75. The molecule has 6 heteroatoms. The summed E-state index contributed by atoms with van der Waals surface area (Å²) in [6.07, 6.45) is 0.267.